The maximum Gasteiger partial charge on any atom is 0.248 e. The summed E-state index contributed by atoms with van der Waals surface area (Å²) in [6, 6.07) is 9.26. The summed E-state index contributed by atoms with van der Waals surface area (Å²) in [6.07, 6.45) is 10.1. The largest absolute Gasteiger partial charge is 0.322 e. The van der Waals surface area contributed by atoms with Gasteiger partial charge < -0.3 is 5.32 Å². The van der Waals surface area contributed by atoms with Crippen molar-refractivity contribution in [3.8, 4) is 0 Å². The predicted octanol–water partition coefficient (Wildman–Crippen LogP) is 3.01. The number of anilines is 1. The first kappa shape index (κ1) is 15.9. The van der Waals surface area contributed by atoms with Gasteiger partial charge in [0.2, 0.25) is 5.91 Å². The molecule has 0 fully saturated rings. The summed E-state index contributed by atoms with van der Waals surface area (Å²) in [7, 11) is 1.83. The third kappa shape index (κ3) is 4.53. The lowest BCUT2D eigenvalue weighted by Gasteiger charge is -2.04. The standard InChI is InChI=1S/C17H15N5OS/c1-22-12-13(11-20-22)5-6-15(23)21-14-7-9-19-17(10-14)24-16-4-2-3-8-18-16/h2-12H,1H3,(H,19,21,23)/b6-5-. The molecule has 0 saturated heterocycles. The highest BCUT2D eigenvalue weighted by atomic mass is 32.2. The molecular formula is C17H15N5OS. The van der Waals surface area contributed by atoms with Gasteiger partial charge in [-0.3, -0.25) is 9.48 Å². The lowest BCUT2D eigenvalue weighted by atomic mass is 10.3. The van der Waals surface area contributed by atoms with E-state index in [1.54, 1.807) is 35.4 Å². The number of rotatable bonds is 5. The van der Waals surface area contributed by atoms with Gasteiger partial charge in [-0.1, -0.05) is 17.8 Å². The number of aryl methyl sites for hydroxylation is 1. The number of pyridine rings is 2. The molecule has 0 saturated carbocycles. The highest BCUT2D eigenvalue weighted by Gasteiger charge is 2.03. The first-order valence-corrected chi connectivity index (χ1v) is 8.03. The first-order valence-electron chi connectivity index (χ1n) is 7.22. The lowest BCUT2D eigenvalue weighted by Crippen LogP contribution is -2.07. The molecule has 7 heteroatoms. The molecule has 1 N–H and O–H groups in total. The summed E-state index contributed by atoms with van der Waals surface area (Å²) in [5.74, 6) is -0.209. The lowest BCUT2D eigenvalue weighted by molar-refractivity contribution is -0.111. The average molecular weight is 337 g/mol. The van der Waals surface area contributed by atoms with E-state index in [1.807, 2.05) is 37.5 Å². The van der Waals surface area contributed by atoms with Crippen molar-refractivity contribution in [3.63, 3.8) is 0 Å². The molecule has 0 bridgehead atoms. The second kappa shape index (κ2) is 7.56. The van der Waals surface area contributed by atoms with Gasteiger partial charge in [0.25, 0.3) is 0 Å². The molecule has 0 unspecified atom stereocenters. The van der Waals surface area contributed by atoms with Gasteiger partial charge in [-0.15, -0.1) is 0 Å². The first-order chi connectivity index (χ1) is 11.7. The van der Waals surface area contributed by atoms with Crippen LogP contribution >= 0.6 is 11.8 Å². The molecule has 0 atom stereocenters. The van der Waals surface area contributed by atoms with E-state index in [4.69, 9.17) is 0 Å². The molecular weight excluding hydrogens is 322 g/mol. The number of nitrogens with zero attached hydrogens (tertiary/aromatic N) is 4. The van der Waals surface area contributed by atoms with Crippen LogP contribution < -0.4 is 5.32 Å². The molecule has 0 aliphatic heterocycles. The minimum absolute atomic E-state index is 0.209. The van der Waals surface area contributed by atoms with E-state index < -0.39 is 0 Å². The van der Waals surface area contributed by atoms with Gasteiger partial charge in [0, 0.05) is 43.0 Å². The van der Waals surface area contributed by atoms with Gasteiger partial charge >= 0.3 is 0 Å². The average Bonchev–Trinajstić information content (AvgIpc) is 3.00. The fraction of sp³-hybridized carbons (Fsp3) is 0.0588. The van der Waals surface area contributed by atoms with Crippen LogP contribution in [0.25, 0.3) is 6.08 Å². The number of hydrogen-bond donors (Lipinski definition) is 1. The number of carbonyl (C=O) groups is 1. The highest BCUT2D eigenvalue weighted by molar-refractivity contribution is 7.99. The van der Waals surface area contributed by atoms with Crippen molar-refractivity contribution >= 4 is 29.4 Å². The zero-order chi connectivity index (χ0) is 16.8. The van der Waals surface area contributed by atoms with Crippen molar-refractivity contribution in [1.82, 2.24) is 19.7 Å². The SMILES string of the molecule is Cn1cc(/C=C\C(=O)Nc2ccnc(Sc3ccccn3)c2)cn1. The molecule has 6 nitrogen and oxygen atoms in total. The van der Waals surface area contributed by atoms with Crippen molar-refractivity contribution in [1.29, 1.82) is 0 Å². The van der Waals surface area contributed by atoms with Gasteiger partial charge in [-0.05, 0) is 30.3 Å². The fourth-order valence-corrected chi connectivity index (χ4v) is 2.71. The Morgan fingerprint density at radius 2 is 2.08 bits per heavy atom. The molecule has 3 heterocycles. The van der Waals surface area contributed by atoms with E-state index in [1.165, 1.54) is 17.8 Å². The Balaban J connectivity index is 1.63. The molecule has 3 aromatic rings. The van der Waals surface area contributed by atoms with Crippen LogP contribution in [0.5, 0.6) is 0 Å². The number of hydrogen-bond acceptors (Lipinski definition) is 5. The second-order valence-corrected chi connectivity index (χ2v) is 5.96. The molecule has 0 aromatic carbocycles. The number of carbonyl (C=O) groups excluding carboxylic acids is 1. The van der Waals surface area contributed by atoms with Crippen LogP contribution in [0.15, 0.2) is 71.2 Å². The minimum Gasteiger partial charge on any atom is -0.322 e. The van der Waals surface area contributed by atoms with Crippen LogP contribution in [0.3, 0.4) is 0 Å². The molecule has 120 valence electrons. The Hall–Kier alpha value is -2.93. The van der Waals surface area contributed by atoms with Crippen molar-refractivity contribution in [3.05, 3.63) is 66.8 Å². The normalized spacial score (nSPS) is 10.9. The fourth-order valence-electron chi connectivity index (χ4n) is 1.94. The monoisotopic (exact) mass is 337 g/mol. The third-order valence-corrected chi connectivity index (χ3v) is 3.88. The van der Waals surface area contributed by atoms with Gasteiger partial charge in [0.15, 0.2) is 0 Å². The van der Waals surface area contributed by atoms with Crippen molar-refractivity contribution in [2.24, 2.45) is 7.05 Å². The summed E-state index contributed by atoms with van der Waals surface area (Å²) >= 11 is 1.44. The summed E-state index contributed by atoms with van der Waals surface area (Å²) in [4.78, 5) is 20.5. The molecule has 3 aromatic heterocycles. The maximum absolute atomic E-state index is 12.0. The Morgan fingerprint density at radius 3 is 2.83 bits per heavy atom. The molecule has 1 amide bonds. The van der Waals surface area contributed by atoms with Crippen LogP contribution in [0.4, 0.5) is 5.69 Å². The smallest absolute Gasteiger partial charge is 0.248 e. The van der Waals surface area contributed by atoms with E-state index >= 15 is 0 Å². The van der Waals surface area contributed by atoms with Crippen LogP contribution in [0.2, 0.25) is 0 Å². The molecule has 0 radical (unpaired) electrons. The van der Waals surface area contributed by atoms with Gasteiger partial charge in [0.05, 0.1) is 6.20 Å². The topological polar surface area (TPSA) is 72.7 Å². The number of amides is 1. The quantitative estimate of drug-likeness (QED) is 0.725. The molecule has 3 rings (SSSR count). The maximum atomic E-state index is 12.0. The molecule has 0 spiro atoms. The zero-order valence-corrected chi connectivity index (χ0v) is 13.8. The summed E-state index contributed by atoms with van der Waals surface area (Å²) < 4.78 is 1.68. The molecule has 0 aliphatic carbocycles. The van der Waals surface area contributed by atoms with E-state index in [2.05, 4.69) is 20.4 Å². The Bertz CT molecular complexity index is 860. The van der Waals surface area contributed by atoms with Crippen molar-refractivity contribution in [2.75, 3.05) is 5.32 Å². The summed E-state index contributed by atoms with van der Waals surface area (Å²) in [5.41, 5.74) is 1.55. The summed E-state index contributed by atoms with van der Waals surface area (Å²) in [6.45, 7) is 0. The third-order valence-electron chi connectivity index (χ3n) is 3.00. The van der Waals surface area contributed by atoms with E-state index in [0.717, 1.165) is 15.6 Å². The predicted molar refractivity (Wildman–Crippen MR) is 93.5 cm³/mol. The zero-order valence-electron chi connectivity index (χ0n) is 13.0. The van der Waals surface area contributed by atoms with Gasteiger partial charge in [-0.2, -0.15) is 5.10 Å². The highest BCUT2D eigenvalue weighted by Crippen LogP contribution is 2.25. The van der Waals surface area contributed by atoms with Crippen LogP contribution in [0, 0.1) is 0 Å². The minimum atomic E-state index is -0.209. The van der Waals surface area contributed by atoms with E-state index in [-0.39, 0.29) is 5.91 Å². The second-order valence-electron chi connectivity index (χ2n) is 4.92. The molecule has 0 aliphatic rings. The molecule has 24 heavy (non-hydrogen) atoms. The number of nitrogens with one attached hydrogen (secondary N) is 1. The van der Waals surface area contributed by atoms with Gasteiger partial charge in [0.1, 0.15) is 10.1 Å². The van der Waals surface area contributed by atoms with Gasteiger partial charge in [-0.25, -0.2) is 9.97 Å². The Labute approximate surface area is 143 Å². The Kier molecular flexibility index (Phi) is 5.02. The van der Waals surface area contributed by atoms with E-state index in [9.17, 15) is 4.79 Å². The van der Waals surface area contributed by atoms with Crippen LogP contribution in [-0.2, 0) is 11.8 Å². The van der Waals surface area contributed by atoms with Crippen molar-refractivity contribution in [2.45, 2.75) is 10.1 Å². The number of aromatic nitrogens is 4. The van der Waals surface area contributed by atoms with Crippen LogP contribution in [0.1, 0.15) is 5.56 Å². The summed E-state index contributed by atoms with van der Waals surface area (Å²) in [5, 5.41) is 8.48. The Morgan fingerprint density at radius 1 is 1.21 bits per heavy atom. The van der Waals surface area contributed by atoms with Crippen LogP contribution in [-0.4, -0.2) is 25.7 Å². The van der Waals surface area contributed by atoms with E-state index in [0.29, 0.717) is 5.69 Å². The van der Waals surface area contributed by atoms with Crippen molar-refractivity contribution < 1.29 is 4.79 Å².